The maximum atomic E-state index is 5.62. The Labute approximate surface area is 130 Å². The Balaban J connectivity index is 1.88. The van der Waals surface area contributed by atoms with Gasteiger partial charge in [-0.1, -0.05) is 21.1 Å². The molecule has 108 valence electrons. The fourth-order valence-corrected chi connectivity index (χ4v) is 2.34. The molecule has 7 heteroatoms. The van der Waals surface area contributed by atoms with Gasteiger partial charge in [-0.3, -0.25) is 4.68 Å². The van der Waals surface area contributed by atoms with Gasteiger partial charge < -0.3 is 10.3 Å². The van der Waals surface area contributed by atoms with E-state index in [0.717, 1.165) is 21.2 Å². The van der Waals surface area contributed by atoms with Crippen LogP contribution in [0.3, 0.4) is 0 Å². The highest BCUT2D eigenvalue weighted by molar-refractivity contribution is 9.10. The number of hydrogen-bond acceptors (Lipinski definition) is 5. The maximum Gasteiger partial charge on any atom is 0.248 e. The first-order valence-corrected chi connectivity index (χ1v) is 7.20. The lowest BCUT2D eigenvalue weighted by Gasteiger charge is -2.04. The van der Waals surface area contributed by atoms with Crippen molar-refractivity contribution < 1.29 is 4.52 Å². The number of nitrogens with zero attached hydrogens (tertiary/aromatic N) is 4. The van der Waals surface area contributed by atoms with Crippen LogP contribution in [0.1, 0.15) is 17.0 Å². The van der Waals surface area contributed by atoms with E-state index in [1.54, 1.807) is 17.1 Å². The molecule has 0 aliphatic heterocycles. The molecule has 0 aliphatic carbocycles. The molecule has 21 heavy (non-hydrogen) atoms. The van der Waals surface area contributed by atoms with Crippen molar-refractivity contribution in [3.05, 3.63) is 46.0 Å². The number of aryl methyl sites for hydroxylation is 2. The molecule has 3 aromatic rings. The highest BCUT2D eigenvalue weighted by Crippen LogP contribution is 2.27. The van der Waals surface area contributed by atoms with E-state index in [0.29, 0.717) is 23.9 Å². The zero-order valence-electron chi connectivity index (χ0n) is 11.7. The minimum Gasteiger partial charge on any atom is -0.396 e. The molecule has 2 N–H and O–H groups in total. The summed E-state index contributed by atoms with van der Waals surface area (Å²) in [5.41, 5.74) is 9.43. The van der Waals surface area contributed by atoms with E-state index in [1.165, 1.54) is 0 Å². The summed E-state index contributed by atoms with van der Waals surface area (Å²) < 4.78 is 8.02. The zero-order chi connectivity index (χ0) is 15.0. The molecular formula is C14H14BrN5O. The van der Waals surface area contributed by atoms with Gasteiger partial charge in [-0.25, -0.2) is 0 Å². The summed E-state index contributed by atoms with van der Waals surface area (Å²) in [6.45, 7) is 4.47. The van der Waals surface area contributed by atoms with Gasteiger partial charge in [0.1, 0.15) is 6.54 Å². The first-order chi connectivity index (χ1) is 10.0. The van der Waals surface area contributed by atoms with E-state index in [9.17, 15) is 0 Å². The first-order valence-electron chi connectivity index (χ1n) is 6.40. The predicted molar refractivity (Wildman–Crippen MR) is 82.6 cm³/mol. The van der Waals surface area contributed by atoms with Gasteiger partial charge in [-0.2, -0.15) is 10.1 Å². The van der Waals surface area contributed by atoms with Gasteiger partial charge in [0.2, 0.25) is 11.7 Å². The number of nitrogen functional groups attached to an aromatic ring is 1. The topological polar surface area (TPSA) is 82.8 Å². The fourth-order valence-electron chi connectivity index (χ4n) is 2.12. The molecule has 0 spiro atoms. The molecule has 0 saturated carbocycles. The van der Waals surface area contributed by atoms with Crippen LogP contribution in [-0.2, 0) is 6.54 Å². The maximum absolute atomic E-state index is 5.62. The molecule has 6 nitrogen and oxygen atoms in total. The Morgan fingerprint density at radius 1 is 1.29 bits per heavy atom. The Hall–Kier alpha value is -2.15. The number of aromatic nitrogens is 4. The van der Waals surface area contributed by atoms with E-state index in [2.05, 4.69) is 31.2 Å². The van der Waals surface area contributed by atoms with Crippen LogP contribution < -0.4 is 5.73 Å². The summed E-state index contributed by atoms with van der Waals surface area (Å²) in [5, 5.41) is 8.12. The highest BCUT2D eigenvalue weighted by Gasteiger charge is 2.12. The van der Waals surface area contributed by atoms with Crippen LogP contribution in [-0.4, -0.2) is 19.9 Å². The molecule has 2 heterocycles. The van der Waals surface area contributed by atoms with Gasteiger partial charge in [0.25, 0.3) is 0 Å². The third kappa shape index (κ3) is 2.82. The largest absolute Gasteiger partial charge is 0.396 e. The summed E-state index contributed by atoms with van der Waals surface area (Å²) in [6, 6.07) is 4.05. The molecule has 0 radical (unpaired) electrons. The smallest absolute Gasteiger partial charge is 0.248 e. The standard InChI is InChI=1S/C14H14BrN5O/c1-8-3-10(4-9(2)13(8)15)14-18-12(21-19-14)7-20-6-11(16)5-17-20/h3-6H,7,16H2,1-2H3. The zero-order valence-corrected chi connectivity index (χ0v) is 13.3. The molecule has 0 atom stereocenters. The highest BCUT2D eigenvalue weighted by atomic mass is 79.9. The summed E-state index contributed by atoms with van der Waals surface area (Å²) in [4.78, 5) is 4.40. The monoisotopic (exact) mass is 347 g/mol. The van der Waals surface area contributed by atoms with Crippen molar-refractivity contribution in [2.75, 3.05) is 5.73 Å². The van der Waals surface area contributed by atoms with E-state index in [-0.39, 0.29) is 0 Å². The van der Waals surface area contributed by atoms with Gasteiger partial charge >= 0.3 is 0 Å². The van der Waals surface area contributed by atoms with Crippen LogP contribution >= 0.6 is 15.9 Å². The molecule has 0 amide bonds. The minimum absolute atomic E-state index is 0.401. The summed E-state index contributed by atoms with van der Waals surface area (Å²) >= 11 is 3.55. The van der Waals surface area contributed by atoms with Crippen LogP contribution in [0.2, 0.25) is 0 Å². The van der Waals surface area contributed by atoms with Gasteiger partial charge in [0.05, 0.1) is 11.9 Å². The summed E-state index contributed by atoms with van der Waals surface area (Å²) in [5.74, 6) is 1.06. The van der Waals surface area contributed by atoms with Crippen molar-refractivity contribution in [1.82, 2.24) is 19.9 Å². The van der Waals surface area contributed by atoms with E-state index < -0.39 is 0 Å². The number of rotatable bonds is 3. The quantitative estimate of drug-likeness (QED) is 0.787. The first kappa shape index (κ1) is 13.8. The van der Waals surface area contributed by atoms with Gasteiger partial charge in [0, 0.05) is 16.2 Å². The lowest BCUT2D eigenvalue weighted by atomic mass is 10.1. The Bertz CT molecular complexity index is 769. The van der Waals surface area contributed by atoms with E-state index in [1.807, 2.05) is 26.0 Å². The number of nitrogens with two attached hydrogens (primary N) is 1. The third-order valence-corrected chi connectivity index (χ3v) is 4.36. The number of benzene rings is 1. The Kier molecular flexibility index (Phi) is 3.50. The SMILES string of the molecule is Cc1cc(-c2noc(Cn3cc(N)cn3)n2)cc(C)c1Br. The van der Waals surface area contributed by atoms with Crippen molar-refractivity contribution in [2.24, 2.45) is 0 Å². The molecule has 3 rings (SSSR count). The molecule has 0 fully saturated rings. The second-order valence-electron chi connectivity index (χ2n) is 4.91. The molecule has 1 aromatic carbocycles. The van der Waals surface area contributed by atoms with Crippen molar-refractivity contribution >= 4 is 21.6 Å². The third-order valence-electron chi connectivity index (χ3n) is 3.11. The molecular weight excluding hydrogens is 334 g/mol. The van der Waals surface area contributed by atoms with Crippen LogP contribution in [0, 0.1) is 13.8 Å². The summed E-state index contributed by atoms with van der Waals surface area (Å²) in [6.07, 6.45) is 3.30. The average molecular weight is 348 g/mol. The normalized spacial score (nSPS) is 11.0. The molecule has 2 aromatic heterocycles. The number of halogens is 1. The molecule has 0 bridgehead atoms. The van der Waals surface area contributed by atoms with Gasteiger partial charge in [-0.15, -0.1) is 0 Å². The van der Waals surface area contributed by atoms with E-state index in [4.69, 9.17) is 10.3 Å². The Morgan fingerprint density at radius 2 is 2.00 bits per heavy atom. The van der Waals surface area contributed by atoms with Gasteiger partial charge in [0.15, 0.2) is 0 Å². The van der Waals surface area contributed by atoms with Crippen molar-refractivity contribution in [1.29, 1.82) is 0 Å². The molecule has 0 aliphatic rings. The van der Waals surface area contributed by atoms with Crippen LogP contribution in [0.4, 0.5) is 5.69 Å². The van der Waals surface area contributed by atoms with Crippen molar-refractivity contribution in [2.45, 2.75) is 20.4 Å². The molecule has 0 unspecified atom stereocenters. The van der Waals surface area contributed by atoms with Crippen LogP contribution in [0.15, 0.2) is 33.5 Å². The van der Waals surface area contributed by atoms with Gasteiger partial charge in [-0.05, 0) is 37.1 Å². The average Bonchev–Trinajstić information content (AvgIpc) is 3.05. The number of hydrogen-bond donors (Lipinski definition) is 1. The lowest BCUT2D eigenvalue weighted by molar-refractivity contribution is 0.366. The minimum atomic E-state index is 0.401. The second kappa shape index (κ2) is 5.33. The predicted octanol–water partition coefficient (Wildman–Crippen LogP) is 2.94. The fraction of sp³-hybridized carbons (Fsp3) is 0.214. The number of anilines is 1. The van der Waals surface area contributed by atoms with E-state index >= 15 is 0 Å². The van der Waals surface area contributed by atoms with Crippen molar-refractivity contribution in [3.8, 4) is 11.4 Å². The summed E-state index contributed by atoms with van der Waals surface area (Å²) in [7, 11) is 0. The van der Waals surface area contributed by atoms with Crippen molar-refractivity contribution in [3.63, 3.8) is 0 Å². The van der Waals surface area contributed by atoms with Crippen LogP contribution in [0.5, 0.6) is 0 Å². The van der Waals surface area contributed by atoms with Crippen LogP contribution in [0.25, 0.3) is 11.4 Å². The molecule has 0 saturated heterocycles. The lowest BCUT2D eigenvalue weighted by Crippen LogP contribution is -2.00. The Morgan fingerprint density at radius 3 is 2.62 bits per heavy atom. The second-order valence-corrected chi connectivity index (χ2v) is 5.70.